The van der Waals surface area contributed by atoms with E-state index >= 15 is 0 Å². The maximum absolute atomic E-state index is 13.2. The highest BCUT2D eigenvalue weighted by Gasteiger charge is 2.09. The maximum Gasteiger partial charge on any atom is 0.142 e. The zero-order valence-electron chi connectivity index (χ0n) is 10.7. The Morgan fingerprint density at radius 2 is 2.18 bits per heavy atom. The molecule has 0 fully saturated rings. The highest BCUT2D eigenvalue weighted by molar-refractivity contribution is 5.58. The van der Waals surface area contributed by atoms with Gasteiger partial charge in [-0.05, 0) is 31.9 Å². The van der Waals surface area contributed by atoms with Crippen LogP contribution >= 0.6 is 0 Å². The average Bonchev–Trinajstić information content (AvgIpc) is 2.28. The van der Waals surface area contributed by atoms with Gasteiger partial charge in [0.1, 0.15) is 11.6 Å². The Morgan fingerprint density at radius 1 is 1.47 bits per heavy atom. The second-order valence-electron chi connectivity index (χ2n) is 4.36. The standard InChI is InChI=1S/C13H21FN2O/c1-10(15)5-4-8-16(2)12-9-11(14)6-7-13(12)17-3/h6-7,9-10H,4-5,8,15H2,1-3H3. The number of nitrogens with zero attached hydrogens (tertiary/aromatic N) is 1. The molecule has 1 unspecified atom stereocenters. The summed E-state index contributed by atoms with van der Waals surface area (Å²) in [6.07, 6.45) is 1.94. The summed E-state index contributed by atoms with van der Waals surface area (Å²) in [5.41, 5.74) is 6.47. The number of hydrogen-bond acceptors (Lipinski definition) is 3. The summed E-state index contributed by atoms with van der Waals surface area (Å²) in [4.78, 5) is 1.99. The lowest BCUT2D eigenvalue weighted by atomic mass is 10.2. The van der Waals surface area contributed by atoms with Gasteiger partial charge in [-0.3, -0.25) is 0 Å². The van der Waals surface area contributed by atoms with Crippen LogP contribution in [0.5, 0.6) is 5.75 Å². The number of benzene rings is 1. The van der Waals surface area contributed by atoms with Gasteiger partial charge in [0.2, 0.25) is 0 Å². The van der Waals surface area contributed by atoms with Crippen molar-refractivity contribution in [3.63, 3.8) is 0 Å². The minimum atomic E-state index is -0.250. The molecule has 1 aromatic carbocycles. The lowest BCUT2D eigenvalue weighted by Crippen LogP contribution is -2.22. The van der Waals surface area contributed by atoms with E-state index in [-0.39, 0.29) is 11.9 Å². The number of ether oxygens (including phenoxy) is 1. The quantitative estimate of drug-likeness (QED) is 0.829. The van der Waals surface area contributed by atoms with Gasteiger partial charge in [0.15, 0.2) is 0 Å². The molecule has 0 aromatic heterocycles. The van der Waals surface area contributed by atoms with Crippen molar-refractivity contribution >= 4 is 5.69 Å². The number of methoxy groups -OCH3 is 1. The van der Waals surface area contributed by atoms with Crippen LogP contribution in [0.4, 0.5) is 10.1 Å². The van der Waals surface area contributed by atoms with Gasteiger partial charge in [-0.25, -0.2) is 4.39 Å². The number of hydrogen-bond donors (Lipinski definition) is 1. The molecule has 0 saturated carbocycles. The fourth-order valence-electron chi connectivity index (χ4n) is 1.73. The molecule has 1 atom stereocenters. The Bertz CT molecular complexity index is 355. The highest BCUT2D eigenvalue weighted by Crippen LogP contribution is 2.28. The molecule has 4 heteroatoms. The lowest BCUT2D eigenvalue weighted by molar-refractivity contribution is 0.413. The molecular formula is C13H21FN2O. The monoisotopic (exact) mass is 240 g/mol. The van der Waals surface area contributed by atoms with Crippen LogP contribution in [0, 0.1) is 5.82 Å². The van der Waals surface area contributed by atoms with Crippen molar-refractivity contribution in [3.05, 3.63) is 24.0 Å². The molecule has 0 aliphatic carbocycles. The maximum atomic E-state index is 13.2. The summed E-state index contributed by atoms with van der Waals surface area (Å²) in [6.45, 7) is 2.82. The number of anilines is 1. The van der Waals surface area contributed by atoms with E-state index < -0.39 is 0 Å². The van der Waals surface area contributed by atoms with Crippen LogP contribution < -0.4 is 15.4 Å². The van der Waals surface area contributed by atoms with E-state index in [1.54, 1.807) is 13.2 Å². The minimum absolute atomic E-state index is 0.206. The number of nitrogens with two attached hydrogens (primary N) is 1. The third-order valence-corrected chi connectivity index (χ3v) is 2.71. The topological polar surface area (TPSA) is 38.5 Å². The molecular weight excluding hydrogens is 219 g/mol. The Kier molecular flexibility index (Phi) is 5.22. The van der Waals surface area contributed by atoms with Crippen LogP contribution in [0.1, 0.15) is 19.8 Å². The summed E-state index contributed by atoms with van der Waals surface area (Å²) in [5, 5.41) is 0. The molecule has 2 N–H and O–H groups in total. The Balaban J connectivity index is 2.66. The summed E-state index contributed by atoms with van der Waals surface area (Å²) in [6, 6.07) is 4.74. The van der Waals surface area contributed by atoms with Crippen molar-refractivity contribution in [1.82, 2.24) is 0 Å². The highest BCUT2D eigenvalue weighted by atomic mass is 19.1. The van der Waals surface area contributed by atoms with Crippen LogP contribution in [0.25, 0.3) is 0 Å². The third kappa shape index (κ3) is 4.23. The van der Waals surface area contributed by atoms with E-state index in [0.29, 0.717) is 5.75 Å². The first-order valence-electron chi connectivity index (χ1n) is 5.85. The Morgan fingerprint density at radius 3 is 2.76 bits per heavy atom. The van der Waals surface area contributed by atoms with Crippen LogP contribution in [-0.4, -0.2) is 26.7 Å². The first kappa shape index (κ1) is 13.8. The summed E-state index contributed by atoms with van der Waals surface area (Å²) < 4.78 is 18.4. The van der Waals surface area contributed by atoms with Crippen LogP contribution in [0.15, 0.2) is 18.2 Å². The van der Waals surface area contributed by atoms with E-state index in [2.05, 4.69) is 0 Å². The molecule has 0 amide bonds. The molecule has 0 radical (unpaired) electrons. The van der Waals surface area contributed by atoms with Crippen LogP contribution in [0.2, 0.25) is 0 Å². The smallest absolute Gasteiger partial charge is 0.142 e. The number of halogens is 1. The van der Waals surface area contributed by atoms with Crippen molar-refractivity contribution in [2.45, 2.75) is 25.8 Å². The fraction of sp³-hybridized carbons (Fsp3) is 0.538. The van der Waals surface area contributed by atoms with Crippen molar-refractivity contribution in [3.8, 4) is 5.75 Å². The van der Waals surface area contributed by atoms with E-state index in [1.807, 2.05) is 18.9 Å². The molecule has 0 aliphatic rings. The largest absolute Gasteiger partial charge is 0.495 e. The number of rotatable bonds is 6. The van der Waals surface area contributed by atoms with Crippen LogP contribution in [0.3, 0.4) is 0 Å². The SMILES string of the molecule is COc1ccc(F)cc1N(C)CCCC(C)N. The molecule has 96 valence electrons. The van der Waals surface area contributed by atoms with Gasteiger partial charge < -0.3 is 15.4 Å². The summed E-state index contributed by atoms with van der Waals surface area (Å²) in [7, 11) is 3.52. The van der Waals surface area contributed by atoms with Crippen molar-refractivity contribution < 1.29 is 9.13 Å². The second kappa shape index (κ2) is 6.45. The predicted octanol–water partition coefficient (Wildman–Crippen LogP) is 2.40. The van der Waals surface area contributed by atoms with Gasteiger partial charge in [-0.1, -0.05) is 0 Å². The average molecular weight is 240 g/mol. The lowest BCUT2D eigenvalue weighted by Gasteiger charge is -2.22. The first-order chi connectivity index (χ1) is 8.04. The van der Waals surface area contributed by atoms with E-state index in [4.69, 9.17) is 10.5 Å². The van der Waals surface area contributed by atoms with Crippen LogP contribution in [-0.2, 0) is 0 Å². The van der Waals surface area contributed by atoms with Gasteiger partial charge in [-0.2, -0.15) is 0 Å². The van der Waals surface area contributed by atoms with Crippen molar-refractivity contribution in [2.24, 2.45) is 5.73 Å². The third-order valence-electron chi connectivity index (χ3n) is 2.71. The van der Waals surface area contributed by atoms with E-state index in [9.17, 15) is 4.39 Å². The predicted molar refractivity (Wildman–Crippen MR) is 69.1 cm³/mol. The molecule has 17 heavy (non-hydrogen) atoms. The molecule has 1 aromatic rings. The van der Waals surface area contributed by atoms with Gasteiger partial charge in [0, 0.05) is 25.7 Å². The fourth-order valence-corrected chi connectivity index (χ4v) is 1.73. The summed E-state index contributed by atoms with van der Waals surface area (Å²) in [5.74, 6) is 0.439. The zero-order valence-corrected chi connectivity index (χ0v) is 10.7. The molecule has 3 nitrogen and oxygen atoms in total. The molecule has 0 saturated heterocycles. The first-order valence-corrected chi connectivity index (χ1v) is 5.85. The molecule has 0 heterocycles. The van der Waals surface area contributed by atoms with Gasteiger partial charge >= 0.3 is 0 Å². The normalized spacial score (nSPS) is 12.3. The van der Waals surface area contributed by atoms with E-state index in [1.165, 1.54) is 12.1 Å². The van der Waals surface area contributed by atoms with Crippen molar-refractivity contribution in [1.29, 1.82) is 0 Å². The molecule has 0 bridgehead atoms. The summed E-state index contributed by atoms with van der Waals surface area (Å²) >= 11 is 0. The van der Waals surface area contributed by atoms with Gasteiger partial charge in [-0.15, -0.1) is 0 Å². The molecule has 0 aliphatic heterocycles. The molecule has 1 rings (SSSR count). The van der Waals surface area contributed by atoms with Gasteiger partial charge in [0.25, 0.3) is 0 Å². The second-order valence-corrected chi connectivity index (χ2v) is 4.36. The Labute approximate surface area is 102 Å². The van der Waals surface area contributed by atoms with Gasteiger partial charge in [0.05, 0.1) is 12.8 Å². The Hall–Kier alpha value is -1.29. The van der Waals surface area contributed by atoms with E-state index in [0.717, 1.165) is 25.1 Å². The van der Waals surface area contributed by atoms with Crippen molar-refractivity contribution in [2.75, 3.05) is 25.6 Å². The minimum Gasteiger partial charge on any atom is -0.495 e. The zero-order chi connectivity index (χ0) is 12.8. The molecule has 0 spiro atoms.